The van der Waals surface area contributed by atoms with E-state index in [1.165, 1.54) is 9.44 Å². The zero-order chi connectivity index (χ0) is 14.3. The maximum Gasteiger partial charge on any atom is 0.416 e. The molecule has 0 radical (unpaired) electrons. The Kier molecular flexibility index (Phi) is 2.87. The van der Waals surface area contributed by atoms with Crippen LogP contribution in [0.3, 0.4) is 0 Å². The summed E-state index contributed by atoms with van der Waals surface area (Å²) < 4.78 is 5.71. The Bertz CT molecular complexity index is 743. The second-order valence-corrected chi connectivity index (χ2v) is 5.57. The number of pyridine rings is 1. The highest BCUT2D eigenvalue weighted by Crippen LogP contribution is 2.26. The minimum Gasteiger partial charge on any atom is -0.497 e. The van der Waals surface area contributed by atoms with Gasteiger partial charge in [-0.15, -0.1) is 11.3 Å². The molecule has 0 spiro atoms. The van der Waals surface area contributed by atoms with E-state index in [9.17, 15) is 14.7 Å². The summed E-state index contributed by atoms with van der Waals surface area (Å²) in [6.07, 6.45) is 3.21. The lowest BCUT2D eigenvalue weighted by Gasteiger charge is -1.96. The number of hydrogen-bond donors (Lipinski definition) is 1. The molecule has 0 bridgehead atoms. The van der Waals surface area contributed by atoms with Crippen LogP contribution in [0.2, 0.25) is 0 Å². The monoisotopic (exact) mass is 288 g/mol. The molecule has 2 aromatic heterocycles. The lowest BCUT2D eigenvalue weighted by atomic mass is 10.2. The molecule has 0 atom stereocenters. The molecule has 0 saturated heterocycles. The number of aromatic nitrogens is 1. The van der Waals surface area contributed by atoms with Gasteiger partial charge in [-0.05, 0) is 19.1 Å². The van der Waals surface area contributed by atoms with Gasteiger partial charge in [0.2, 0.25) is 0 Å². The van der Waals surface area contributed by atoms with Crippen LogP contribution in [-0.4, -0.2) is 17.0 Å². The van der Waals surface area contributed by atoms with E-state index in [4.69, 9.17) is 0 Å². The Hall–Kier alpha value is -2.47. The van der Waals surface area contributed by atoms with Crippen molar-refractivity contribution in [2.45, 2.75) is 6.92 Å². The van der Waals surface area contributed by atoms with Crippen LogP contribution in [-0.2, 0) is 14.3 Å². The Balaban J connectivity index is 1.98. The largest absolute Gasteiger partial charge is 0.497 e. The number of esters is 2. The number of cyclic esters (lactones) is 2. The number of aliphatic hydroxyl groups is 1. The van der Waals surface area contributed by atoms with Crippen molar-refractivity contribution in [3.8, 4) is 10.4 Å². The number of hydrogen-bond acceptors (Lipinski definition) is 5. The average Bonchev–Trinajstić information content (AvgIpc) is 2.95. The average molecular weight is 288 g/mol. The molecular formula is C14H10NO4S+. The molecule has 2 aromatic rings. The summed E-state index contributed by atoms with van der Waals surface area (Å²) in [5.41, 5.74) is 0.834. The first kappa shape index (κ1) is 12.6. The number of ether oxygens (including phenoxy) is 1. The van der Waals surface area contributed by atoms with Gasteiger partial charge in [0.1, 0.15) is 0 Å². The molecule has 20 heavy (non-hydrogen) atoms. The molecule has 0 saturated carbocycles. The maximum absolute atomic E-state index is 11.5. The van der Waals surface area contributed by atoms with Gasteiger partial charge in [-0.25, -0.2) is 9.59 Å². The van der Waals surface area contributed by atoms with E-state index in [-0.39, 0.29) is 5.70 Å². The number of thiophene rings is 1. The summed E-state index contributed by atoms with van der Waals surface area (Å²) in [6, 6.07) is 7.66. The zero-order valence-corrected chi connectivity index (χ0v) is 11.3. The Morgan fingerprint density at radius 3 is 2.30 bits per heavy atom. The van der Waals surface area contributed by atoms with Crippen molar-refractivity contribution >= 4 is 29.0 Å². The first-order valence-electron chi connectivity index (χ1n) is 5.84. The molecule has 0 fully saturated rings. The predicted octanol–water partition coefficient (Wildman–Crippen LogP) is 1.82. The van der Waals surface area contributed by atoms with Crippen molar-refractivity contribution in [1.82, 2.24) is 0 Å². The SMILES string of the molecule is Cc1ccc(-c2cc[n+](C3=C(O)C(=O)OC3=O)cc2)s1. The molecule has 0 aromatic carbocycles. The maximum atomic E-state index is 11.5. The topological polar surface area (TPSA) is 67.5 Å². The molecule has 1 aliphatic rings. The highest BCUT2D eigenvalue weighted by Gasteiger charge is 2.41. The highest BCUT2D eigenvalue weighted by atomic mass is 32.1. The third-order valence-electron chi connectivity index (χ3n) is 2.91. The van der Waals surface area contributed by atoms with Gasteiger partial charge >= 0.3 is 17.6 Å². The highest BCUT2D eigenvalue weighted by molar-refractivity contribution is 7.15. The van der Waals surface area contributed by atoms with Crippen LogP contribution >= 0.6 is 11.3 Å². The van der Waals surface area contributed by atoms with E-state index >= 15 is 0 Å². The van der Waals surface area contributed by atoms with Crippen LogP contribution in [0.5, 0.6) is 0 Å². The summed E-state index contributed by atoms with van der Waals surface area (Å²) >= 11 is 1.66. The van der Waals surface area contributed by atoms with Crippen molar-refractivity contribution in [1.29, 1.82) is 0 Å². The first-order chi connectivity index (χ1) is 9.56. The van der Waals surface area contributed by atoms with Crippen molar-refractivity contribution in [2.75, 3.05) is 0 Å². The van der Waals surface area contributed by atoms with Gasteiger partial charge in [0, 0.05) is 27.5 Å². The lowest BCUT2D eigenvalue weighted by Crippen LogP contribution is -2.35. The van der Waals surface area contributed by atoms with Gasteiger partial charge in [-0.1, -0.05) is 0 Å². The molecule has 6 heteroatoms. The molecule has 5 nitrogen and oxygen atoms in total. The van der Waals surface area contributed by atoms with E-state index in [0.29, 0.717) is 0 Å². The molecule has 1 N–H and O–H groups in total. The van der Waals surface area contributed by atoms with Crippen LogP contribution in [0.4, 0.5) is 0 Å². The van der Waals surface area contributed by atoms with Gasteiger partial charge in [-0.3, -0.25) is 0 Å². The fraction of sp³-hybridized carbons (Fsp3) is 0.0714. The van der Waals surface area contributed by atoms with Crippen LogP contribution in [0.1, 0.15) is 4.88 Å². The van der Waals surface area contributed by atoms with Crippen LogP contribution in [0.25, 0.3) is 16.1 Å². The molecule has 100 valence electrons. The molecule has 3 rings (SSSR count). The fourth-order valence-electron chi connectivity index (χ4n) is 1.93. The number of nitrogens with zero attached hydrogens (tertiary/aromatic N) is 1. The number of carbonyl (C=O) groups is 2. The van der Waals surface area contributed by atoms with Gasteiger partial charge in [0.15, 0.2) is 12.4 Å². The molecule has 0 aliphatic carbocycles. The third-order valence-corrected chi connectivity index (χ3v) is 3.96. The van der Waals surface area contributed by atoms with Crippen molar-refractivity contribution in [3.63, 3.8) is 0 Å². The number of aliphatic hydroxyl groups excluding tert-OH is 1. The van der Waals surface area contributed by atoms with Gasteiger partial charge in [0.25, 0.3) is 5.76 Å². The third kappa shape index (κ3) is 2.00. The van der Waals surface area contributed by atoms with Gasteiger partial charge < -0.3 is 9.84 Å². The van der Waals surface area contributed by atoms with E-state index < -0.39 is 17.7 Å². The van der Waals surface area contributed by atoms with Crippen LogP contribution < -0.4 is 4.57 Å². The number of aryl methyl sites for hydroxylation is 1. The van der Waals surface area contributed by atoms with Gasteiger partial charge in [0.05, 0.1) is 0 Å². The number of rotatable bonds is 2. The Morgan fingerprint density at radius 2 is 1.80 bits per heavy atom. The molecule has 0 amide bonds. The quantitative estimate of drug-likeness (QED) is 0.520. The normalized spacial score (nSPS) is 14.8. The second kappa shape index (κ2) is 4.57. The van der Waals surface area contributed by atoms with Crippen LogP contribution in [0.15, 0.2) is 42.4 Å². The number of carbonyl (C=O) groups excluding carboxylic acids is 2. The Labute approximate surface area is 118 Å². The minimum absolute atomic E-state index is 0.163. The first-order valence-corrected chi connectivity index (χ1v) is 6.66. The summed E-state index contributed by atoms with van der Waals surface area (Å²) in [4.78, 5) is 24.9. The summed E-state index contributed by atoms with van der Waals surface area (Å²) in [5, 5.41) is 9.54. The van der Waals surface area contributed by atoms with E-state index in [1.54, 1.807) is 23.7 Å². The van der Waals surface area contributed by atoms with Gasteiger partial charge in [-0.2, -0.15) is 4.57 Å². The standard InChI is InChI=1S/C14H9NO4S/c1-8-2-3-10(20-8)9-4-6-15(7-5-9)11-12(16)14(18)19-13(11)17/h2-7H,1H3/p+1. The predicted molar refractivity (Wildman–Crippen MR) is 71.6 cm³/mol. The van der Waals surface area contributed by atoms with E-state index in [2.05, 4.69) is 4.74 Å². The fourth-order valence-corrected chi connectivity index (χ4v) is 2.80. The Morgan fingerprint density at radius 1 is 1.10 bits per heavy atom. The molecule has 0 unspecified atom stereocenters. The summed E-state index contributed by atoms with van der Waals surface area (Å²) in [6.45, 7) is 2.03. The van der Waals surface area contributed by atoms with Crippen molar-refractivity contribution in [3.05, 3.63) is 47.3 Å². The minimum atomic E-state index is -1.02. The molecular weight excluding hydrogens is 278 g/mol. The molecule has 3 heterocycles. The smallest absolute Gasteiger partial charge is 0.416 e. The van der Waals surface area contributed by atoms with Crippen molar-refractivity contribution in [2.24, 2.45) is 0 Å². The summed E-state index contributed by atoms with van der Waals surface area (Å²) in [5.74, 6) is -2.53. The lowest BCUT2D eigenvalue weighted by molar-refractivity contribution is -0.578. The van der Waals surface area contributed by atoms with E-state index in [0.717, 1.165) is 10.4 Å². The van der Waals surface area contributed by atoms with Crippen molar-refractivity contribution < 1.29 is 24.0 Å². The van der Waals surface area contributed by atoms with Crippen LogP contribution in [0, 0.1) is 6.92 Å². The zero-order valence-electron chi connectivity index (χ0n) is 10.5. The molecule has 1 aliphatic heterocycles. The second-order valence-electron chi connectivity index (χ2n) is 4.28. The van der Waals surface area contributed by atoms with E-state index in [1.807, 2.05) is 31.2 Å². The summed E-state index contributed by atoms with van der Waals surface area (Å²) in [7, 11) is 0.